The first-order valence-electron chi connectivity index (χ1n) is 7.15. The molecule has 0 saturated carbocycles. The van der Waals surface area contributed by atoms with Crippen molar-refractivity contribution in [3.05, 3.63) is 47.0 Å². The molecule has 22 heavy (non-hydrogen) atoms. The SMILES string of the molecule is CC(C)NC(=O)c1csc(NC(=O)CCc2ccccc2)n1. The van der Waals surface area contributed by atoms with Crippen LogP contribution in [0.4, 0.5) is 5.13 Å². The van der Waals surface area contributed by atoms with Crippen molar-refractivity contribution in [3.8, 4) is 0 Å². The van der Waals surface area contributed by atoms with Crippen molar-refractivity contribution in [3.63, 3.8) is 0 Å². The lowest BCUT2D eigenvalue weighted by Crippen LogP contribution is -2.30. The summed E-state index contributed by atoms with van der Waals surface area (Å²) in [4.78, 5) is 27.8. The molecule has 2 aromatic rings. The Morgan fingerprint density at radius 3 is 2.64 bits per heavy atom. The lowest BCUT2D eigenvalue weighted by Gasteiger charge is -2.05. The number of aryl methyl sites for hydroxylation is 1. The van der Waals surface area contributed by atoms with E-state index in [0.717, 1.165) is 5.56 Å². The number of carbonyl (C=O) groups excluding carboxylic acids is 2. The summed E-state index contributed by atoms with van der Waals surface area (Å²) in [7, 11) is 0. The Morgan fingerprint density at radius 1 is 1.23 bits per heavy atom. The molecule has 2 N–H and O–H groups in total. The van der Waals surface area contributed by atoms with Gasteiger partial charge in [0.2, 0.25) is 5.91 Å². The van der Waals surface area contributed by atoms with Crippen LogP contribution in [0.15, 0.2) is 35.7 Å². The number of nitrogens with one attached hydrogen (secondary N) is 2. The van der Waals surface area contributed by atoms with Gasteiger partial charge in [0.25, 0.3) is 5.91 Å². The summed E-state index contributed by atoms with van der Waals surface area (Å²) >= 11 is 1.25. The van der Waals surface area contributed by atoms with Crippen molar-refractivity contribution in [1.29, 1.82) is 0 Å². The summed E-state index contributed by atoms with van der Waals surface area (Å²) in [6, 6.07) is 9.89. The van der Waals surface area contributed by atoms with Crippen molar-refractivity contribution in [2.75, 3.05) is 5.32 Å². The molecule has 1 aromatic carbocycles. The Morgan fingerprint density at radius 2 is 1.95 bits per heavy atom. The van der Waals surface area contributed by atoms with Gasteiger partial charge in [-0.25, -0.2) is 4.98 Å². The van der Waals surface area contributed by atoms with Crippen LogP contribution in [0.5, 0.6) is 0 Å². The average Bonchev–Trinajstić information content (AvgIpc) is 2.94. The van der Waals surface area contributed by atoms with Crippen LogP contribution < -0.4 is 10.6 Å². The van der Waals surface area contributed by atoms with E-state index in [4.69, 9.17) is 0 Å². The Hall–Kier alpha value is -2.21. The third-order valence-electron chi connectivity index (χ3n) is 2.89. The number of rotatable bonds is 6. The summed E-state index contributed by atoms with van der Waals surface area (Å²) in [6.45, 7) is 3.77. The summed E-state index contributed by atoms with van der Waals surface area (Å²) in [6.07, 6.45) is 1.07. The fourth-order valence-corrected chi connectivity index (χ4v) is 2.56. The predicted molar refractivity (Wildman–Crippen MR) is 88.1 cm³/mol. The quantitative estimate of drug-likeness (QED) is 0.860. The number of hydrogen-bond acceptors (Lipinski definition) is 4. The van der Waals surface area contributed by atoms with E-state index in [1.54, 1.807) is 5.38 Å². The number of carbonyl (C=O) groups is 2. The van der Waals surface area contributed by atoms with Crippen LogP contribution in [0.3, 0.4) is 0 Å². The standard InChI is InChI=1S/C16H19N3O2S/c1-11(2)17-15(21)13-10-22-16(18-13)19-14(20)9-8-12-6-4-3-5-7-12/h3-7,10-11H,8-9H2,1-2H3,(H,17,21)(H,18,19,20). The van der Waals surface area contributed by atoms with Crippen LogP contribution in [0, 0.1) is 0 Å². The molecular formula is C16H19N3O2S. The number of hydrogen-bond donors (Lipinski definition) is 2. The van der Waals surface area contributed by atoms with Gasteiger partial charge in [-0.15, -0.1) is 11.3 Å². The second-order valence-electron chi connectivity index (χ2n) is 5.20. The van der Waals surface area contributed by atoms with E-state index in [1.165, 1.54) is 11.3 Å². The van der Waals surface area contributed by atoms with Crippen LogP contribution in [0.25, 0.3) is 0 Å². The van der Waals surface area contributed by atoms with E-state index in [9.17, 15) is 9.59 Å². The van der Waals surface area contributed by atoms with Gasteiger partial charge in [-0.3, -0.25) is 9.59 Å². The van der Waals surface area contributed by atoms with E-state index in [2.05, 4.69) is 15.6 Å². The van der Waals surface area contributed by atoms with Gasteiger partial charge in [0.15, 0.2) is 5.13 Å². The molecule has 0 atom stereocenters. The van der Waals surface area contributed by atoms with Gasteiger partial charge < -0.3 is 10.6 Å². The first kappa shape index (κ1) is 16.2. The molecule has 1 heterocycles. The summed E-state index contributed by atoms with van der Waals surface area (Å²) in [5.74, 6) is -0.329. The van der Waals surface area contributed by atoms with Crippen LogP contribution >= 0.6 is 11.3 Å². The van der Waals surface area contributed by atoms with Gasteiger partial charge >= 0.3 is 0 Å². The van der Waals surface area contributed by atoms with Crippen molar-refractivity contribution in [2.45, 2.75) is 32.7 Å². The zero-order chi connectivity index (χ0) is 15.9. The van der Waals surface area contributed by atoms with E-state index >= 15 is 0 Å². The molecule has 2 rings (SSSR count). The van der Waals surface area contributed by atoms with Gasteiger partial charge in [-0.2, -0.15) is 0 Å². The summed E-state index contributed by atoms with van der Waals surface area (Å²) in [5.41, 5.74) is 1.45. The molecule has 0 aliphatic carbocycles. The van der Waals surface area contributed by atoms with Gasteiger partial charge in [0.05, 0.1) is 0 Å². The molecule has 5 nitrogen and oxygen atoms in total. The fourth-order valence-electron chi connectivity index (χ4n) is 1.86. The minimum Gasteiger partial charge on any atom is -0.349 e. The Bertz CT molecular complexity index is 638. The van der Waals surface area contributed by atoms with Gasteiger partial charge in [0, 0.05) is 17.8 Å². The second kappa shape index (κ2) is 7.70. The lowest BCUT2D eigenvalue weighted by atomic mass is 10.1. The smallest absolute Gasteiger partial charge is 0.271 e. The lowest BCUT2D eigenvalue weighted by molar-refractivity contribution is -0.116. The first-order valence-corrected chi connectivity index (χ1v) is 8.02. The molecule has 0 unspecified atom stereocenters. The third-order valence-corrected chi connectivity index (χ3v) is 3.64. The number of aromatic nitrogens is 1. The maximum absolute atomic E-state index is 11.9. The Kier molecular flexibility index (Phi) is 5.66. The minimum atomic E-state index is -0.226. The number of anilines is 1. The maximum atomic E-state index is 11.9. The molecule has 0 fully saturated rings. The molecule has 0 aliphatic heterocycles. The number of benzene rings is 1. The van der Waals surface area contributed by atoms with Crippen LogP contribution in [0.1, 0.15) is 36.3 Å². The molecular weight excluding hydrogens is 298 g/mol. The highest BCUT2D eigenvalue weighted by Crippen LogP contribution is 2.16. The molecule has 6 heteroatoms. The molecule has 0 bridgehead atoms. The highest BCUT2D eigenvalue weighted by molar-refractivity contribution is 7.14. The van der Waals surface area contributed by atoms with Gasteiger partial charge in [0.1, 0.15) is 5.69 Å². The highest BCUT2D eigenvalue weighted by atomic mass is 32.1. The molecule has 0 saturated heterocycles. The third kappa shape index (κ3) is 4.96. The average molecular weight is 317 g/mol. The Balaban J connectivity index is 1.84. The summed E-state index contributed by atoms with van der Waals surface area (Å²) in [5, 5.41) is 7.59. The second-order valence-corrected chi connectivity index (χ2v) is 6.06. The number of thiazole rings is 1. The van der Waals surface area contributed by atoms with Gasteiger partial charge in [-0.1, -0.05) is 30.3 Å². The van der Waals surface area contributed by atoms with Gasteiger partial charge in [-0.05, 0) is 25.8 Å². The van der Waals surface area contributed by atoms with Crippen LogP contribution in [0.2, 0.25) is 0 Å². The fraction of sp³-hybridized carbons (Fsp3) is 0.312. The zero-order valence-electron chi connectivity index (χ0n) is 12.6. The van der Waals surface area contributed by atoms with E-state index in [1.807, 2.05) is 44.2 Å². The molecule has 0 spiro atoms. The maximum Gasteiger partial charge on any atom is 0.271 e. The normalized spacial score (nSPS) is 10.5. The molecule has 1 aromatic heterocycles. The van der Waals surface area contributed by atoms with E-state index in [-0.39, 0.29) is 17.9 Å². The van der Waals surface area contributed by atoms with Crippen LogP contribution in [-0.2, 0) is 11.2 Å². The van der Waals surface area contributed by atoms with Crippen LogP contribution in [-0.4, -0.2) is 22.8 Å². The largest absolute Gasteiger partial charge is 0.349 e. The monoisotopic (exact) mass is 317 g/mol. The summed E-state index contributed by atoms with van der Waals surface area (Å²) < 4.78 is 0. The Labute approximate surface area is 133 Å². The number of amides is 2. The van der Waals surface area contributed by atoms with Crippen molar-refractivity contribution in [2.24, 2.45) is 0 Å². The van der Waals surface area contributed by atoms with E-state index in [0.29, 0.717) is 23.7 Å². The highest BCUT2D eigenvalue weighted by Gasteiger charge is 2.13. The van der Waals surface area contributed by atoms with Crippen molar-refractivity contribution < 1.29 is 9.59 Å². The topological polar surface area (TPSA) is 71.1 Å². The van der Waals surface area contributed by atoms with E-state index < -0.39 is 0 Å². The molecule has 116 valence electrons. The first-order chi connectivity index (χ1) is 10.5. The number of nitrogens with zero attached hydrogens (tertiary/aromatic N) is 1. The van der Waals surface area contributed by atoms with Crippen molar-refractivity contribution >= 4 is 28.3 Å². The molecule has 0 radical (unpaired) electrons. The molecule has 0 aliphatic rings. The molecule has 2 amide bonds. The van der Waals surface area contributed by atoms with Crippen molar-refractivity contribution in [1.82, 2.24) is 10.3 Å². The predicted octanol–water partition coefficient (Wildman–Crippen LogP) is 2.85. The zero-order valence-corrected chi connectivity index (χ0v) is 13.4. The minimum absolute atomic E-state index is 0.0538.